The monoisotopic (exact) mass is 327 g/mol. The van der Waals surface area contributed by atoms with Crippen LogP contribution in [0, 0.1) is 0 Å². The molecule has 0 aliphatic carbocycles. The Balaban J connectivity index is 2.31. The fourth-order valence-electron chi connectivity index (χ4n) is 2.22. The summed E-state index contributed by atoms with van der Waals surface area (Å²) in [5.41, 5.74) is 0.424. The second-order valence-electron chi connectivity index (χ2n) is 4.34. The van der Waals surface area contributed by atoms with Crippen LogP contribution in [0.5, 0.6) is 5.75 Å². The van der Waals surface area contributed by atoms with Gasteiger partial charge in [-0.2, -0.15) is 0 Å². The number of rotatable bonds is 3. The molecule has 1 saturated heterocycles. The highest BCUT2D eigenvalue weighted by Crippen LogP contribution is 2.27. The number of halogens is 1. The summed E-state index contributed by atoms with van der Waals surface area (Å²) in [7, 11) is 1.52. The second kappa shape index (κ2) is 5.61. The van der Waals surface area contributed by atoms with E-state index in [-0.39, 0.29) is 5.91 Å². The number of nitrogens with zero attached hydrogens (tertiary/aromatic N) is 1. The van der Waals surface area contributed by atoms with Crippen LogP contribution < -0.4 is 4.74 Å². The van der Waals surface area contributed by atoms with Gasteiger partial charge in [0.15, 0.2) is 0 Å². The van der Waals surface area contributed by atoms with Gasteiger partial charge < -0.3 is 14.7 Å². The third-order valence-electron chi connectivity index (χ3n) is 3.20. The van der Waals surface area contributed by atoms with E-state index in [1.54, 1.807) is 18.2 Å². The van der Waals surface area contributed by atoms with E-state index < -0.39 is 12.0 Å². The number of carbonyl (C=O) groups is 2. The van der Waals surface area contributed by atoms with E-state index in [1.165, 1.54) is 12.0 Å². The summed E-state index contributed by atoms with van der Waals surface area (Å²) in [5.74, 6) is -0.668. The molecule has 19 heavy (non-hydrogen) atoms. The Morgan fingerprint density at radius 1 is 1.47 bits per heavy atom. The van der Waals surface area contributed by atoms with Crippen LogP contribution in [0.2, 0.25) is 0 Å². The molecule has 6 heteroatoms. The summed E-state index contributed by atoms with van der Waals surface area (Å²) in [4.78, 5) is 25.0. The summed E-state index contributed by atoms with van der Waals surface area (Å²) >= 11 is 3.31. The lowest BCUT2D eigenvalue weighted by Crippen LogP contribution is -2.40. The van der Waals surface area contributed by atoms with E-state index in [1.807, 2.05) is 0 Å². The molecule has 102 valence electrons. The Bertz CT molecular complexity index is 517. The summed E-state index contributed by atoms with van der Waals surface area (Å²) in [5, 5.41) is 9.12. The van der Waals surface area contributed by atoms with Crippen molar-refractivity contribution in [3.8, 4) is 5.75 Å². The Labute approximate surface area is 119 Å². The molecule has 1 N–H and O–H groups in total. The molecule has 1 fully saturated rings. The van der Waals surface area contributed by atoms with Crippen molar-refractivity contribution < 1.29 is 19.4 Å². The highest BCUT2D eigenvalue weighted by atomic mass is 79.9. The molecule has 1 aliphatic heterocycles. The van der Waals surface area contributed by atoms with Gasteiger partial charge in [-0.1, -0.05) is 0 Å². The Morgan fingerprint density at radius 2 is 2.21 bits per heavy atom. The number of ether oxygens (including phenoxy) is 1. The van der Waals surface area contributed by atoms with Gasteiger partial charge in [0.1, 0.15) is 11.8 Å². The van der Waals surface area contributed by atoms with E-state index in [2.05, 4.69) is 15.9 Å². The van der Waals surface area contributed by atoms with Gasteiger partial charge in [0.25, 0.3) is 5.91 Å². The SMILES string of the molecule is COc1ccc(Br)c(C(=O)N2CCCC2C(=O)O)c1. The van der Waals surface area contributed by atoms with Gasteiger partial charge in [-0.15, -0.1) is 0 Å². The average molecular weight is 328 g/mol. The zero-order chi connectivity index (χ0) is 14.0. The van der Waals surface area contributed by atoms with Crippen LogP contribution >= 0.6 is 15.9 Å². The molecule has 1 heterocycles. The highest BCUT2D eigenvalue weighted by Gasteiger charge is 2.35. The predicted molar refractivity (Wildman–Crippen MR) is 72.4 cm³/mol. The molecule has 0 bridgehead atoms. The third-order valence-corrected chi connectivity index (χ3v) is 3.89. The Kier molecular flexibility index (Phi) is 4.09. The van der Waals surface area contributed by atoms with Gasteiger partial charge >= 0.3 is 5.97 Å². The van der Waals surface area contributed by atoms with Crippen LogP contribution in [0.15, 0.2) is 22.7 Å². The molecule has 1 amide bonds. The van der Waals surface area contributed by atoms with Crippen LogP contribution in [-0.4, -0.2) is 41.6 Å². The quantitative estimate of drug-likeness (QED) is 0.923. The van der Waals surface area contributed by atoms with Crippen LogP contribution in [0.25, 0.3) is 0 Å². The largest absolute Gasteiger partial charge is 0.497 e. The van der Waals surface area contributed by atoms with Crippen molar-refractivity contribution in [1.82, 2.24) is 4.90 Å². The standard InChI is InChI=1S/C13H14BrNO4/c1-19-8-4-5-10(14)9(7-8)12(16)15-6-2-3-11(15)13(17)18/h4-5,7,11H,2-3,6H2,1H3,(H,17,18). The molecule has 2 rings (SSSR count). The normalized spacial score (nSPS) is 18.4. The maximum absolute atomic E-state index is 12.4. The van der Waals surface area contributed by atoms with Crippen molar-refractivity contribution in [2.45, 2.75) is 18.9 Å². The van der Waals surface area contributed by atoms with E-state index >= 15 is 0 Å². The number of amides is 1. The van der Waals surface area contributed by atoms with E-state index in [4.69, 9.17) is 9.84 Å². The number of carboxylic acid groups (broad SMARTS) is 1. The average Bonchev–Trinajstić information content (AvgIpc) is 2.88. The van der Waals surface area contributed by atoms with E-state index in [0.29, 0.717) is 35.2 Å². The zero-order valence-corrected chi connectivity index (χ0v) is 12.0. The van der Waals surface area contributed by atoms with E-state index in [0.717, 1.165) is 0 Å². The minimum Gasteiger partial charge on any atom is -0.497 e. The molecule has 1 atom stereocenters. The number of carbonyl (C=O) groups excluding carboxylic acids is 1. The number of hydrogen-bond acceptors (Lipinski definition) is 3. The number of likely N-dealkylation sites (tertiary alicyclic amines) is 1. The number of hydrogen-bond donors (Lipinski definition) is 1. The summed E-state index contributed by atoms with van der Waals surface area (Å²) in [6.07, 6.45) is 1.22. The summed E-state index contributed by atoms with van der Waals surface area (Å²) in [6, 6.07) is 4.34. The fraction of sp³-hybridized carbons (Fsp3) is 0.385. The third kappa shape index (κ3) is 2.73. The minimum absolute atomic E-state index is 0.282. The maximum Gasteiger partial charge on any atom is 0.326 e. The van der Waals surface area contributed by atoms with Gasteiger partial charge in [-0.3, -0.25) is 4.79 Å². The topological polar surface area (TPSA) is 66.8 Å². The van der Waals surface area contributed by atoms with Crippen molar-refractivity contribution in [2.75, 3.05) is 13.7 Å². The smallest absolute Gasteiger partial charge is 0.326 e. The first-order valence-corrected chi connectivity index (χ1v) is 6.71. The van der Waals surface area contributed by atoms with Crippen molar-refractivity contribution in [2.24, 2.45) is 0 Å². The van der Waals surface area contributed by atoms with Crippen LogP contribution in [-0.2, 0) is 4.79 Å². The van der Waals surface area contributed by atoms with Crippen LogP contribution in [0.4, 0.5) is 0 Å². The molecule has 1 aromatic carbocycles. The van der Waals surface area contributed by atoms with Gasteiger partial charge in [0, 0.05) is 11.0 Å². The second-order valence-corrected chi connectivity index (χ2v) is 5.19. The predicted octanol–water partition coefficient (Wildman–Crippen LogP) is 2.15. The first-order valence-electron chi connectivity index (χ1n) is 5.92. The zero-order valence-electron chi connectivity index (χ0n) is 10.4. The first-order chi connectivity index (χ1) is 9.04. The number of benzene rings is 1. The molecule has 1 unspecified atom stereocenters. The molecule has 0 spiro atoms. The Hall–Kier alpha value is -1.56. The van der Waals surface area contributed by atoms with Gasteiger partial charge in [-0.05, 0) is 47.0 Å². The van der Waals surface area contributed by atoms with Crippen molar-refractivity contribution >= 4 is 27.8 Å². The number of carboxylic acids is 1. The first kappa shape index (κ1) is 13.9. The number of aliphatic carboxylic acids is 1. The molecule has 0 saturated carbocycles. The lowest BCUT2D eigenvalue weighted by molar-refractivity contribution is -0.141. The van der Waals surface area contributed by atoms with Crippen molar-refractivity contribution in [3.05, 3.63) is 28.2 Å². The molecule has 1 aliphatic rings. The summed E-state index contributed by atoms with van der Waals surface area (Å²) < 4.78 is 5.72. The molecule has 0 radical (unpaired) electrons. The Morgan fingerprint density at radius 3 is 2.84 bits per heavy atom. The molecule has 1 aromatic rings. The highest BCUT2D eigenvalue weighted by molar-refractivity contribution is 9.10. The van der Waals surface area contributed by atoms with Crippen molar-refractivity contribution in [1.29, 1.82) is 0 Å². The van der Waals surface area contributed by atoms with Gasteiger partial charge in [0.2, 0.25) is 0 Å². The van der Waals surface area contributed by atoms with Gasteiger partial charge in [0.05, 0.1) is 12.7 Å². The molecular weight excluding hydrogens is 314 g/mol. The lowest BCUT2D eigenvalue weighted by atomic mass is 10.1. The fourth-order valence-corrected chi connectivity index (χ4v) is 2.63. The molecule has 5 nitrogen and oxygen atoms in total. The van der Waals surface area contributed by atoms with E-state index in [9.17, 15) is 9.59 Å². The van der Waals surface area contributed by atoms with Gasteiger partial charge in [-0.25, -0.2) is 4.79 Å². The summed E-state index contributed by atoms with van der Waals surface area (Å²) in [6.45, 7) is 0.472. The maximum atomic E-state index is 12.4. The van der Waals surface area contributed by atoms with Crippen molar-refractivity contribution in [3.63, 3.8) is 0 Å². The number of methoxy groups -OCH3 is 1. The molecular formula is C13H14BrNO4. The van der Waals surface area contributed by atoms with Crippen LogP contribution in [0.1, 0.15) is 23.2 Å². The molecule has 0 aromatic heterocycles. The minimum atomic E-state index is -0.954. The van der Waals surface area contributed by atoms with Crippen LogP contribution in [0.3, 0.4) is 0 Å². The lowest BCUT2D eigenvalue weighted by Gasteiger charge is -2.22.